The molecule has 1 aliphatic rings. The highest BCUT2D eigenvalue weighted by molar-refractivity contribution is 6.31. The summed E-state index contributed by atoms with van der Waals surface area (Å²) in [5.41, 5.74) is 3.87. The van der Waals surface area contributed by atoms with E-state index in [4.69, 9.17) is 11.6 Å². The first-order valence-corrected chi connectivity index (χ1v) is 9.15. The van der Waals surface area contributed by atoms with E-state index in [9.17, 15) is 4.79 Å². The number of carbonyl (C=O) groups is 1. The van der Waals surface area contributed by atoms with Crippen LogP contribution in [0.2, 0.25) is 5.02 Å². The van der Waals surface area contributed by atoms with E-state index in [2.05, 4.69) is 27.7 Å². The third-order valence-electron chi connectivity index (χ3n) is 4.58. The van der Waals surface area contributed by atoms with Gasteiger partial charge in [-0.2, -0.15) is 0 Å². The fraction of sp³-hybridized carbons (Fsp3) is 0.350. The summed E-state index contributed by atoms with van der Waals surface area (Å²) >= 11 is 6.09. The van der Waals surface area contributed by atoms with E-state index in [0.717, 1.165) is 30.0 Å². The number of hydrogen-bond donors (Lipinski definition) is 2. The van der Waals surface area contributed by atoms with Crippen LogP contribution in [0.1, 0.15) is 24.8 Å². The van der Waals surface area contributed by atoms with Gasteiger partial charge in [-0.1, -0.05) is 17.7 Å². The molecule has 2 aromatic rings. The molecule has 2 N–H and O–H groups in total. The van der Waals surface area contributed by atoms with Gasteiger partial charge in [0.2, 0.25) is 5.91 Å². The molecule has 132 valence electrons. The number of halogens is 1. The Balaban J connectivity index is 1.53. The van der Waals surface area contributed by atoms with E-state index in [1.54, 1.807) is 0 Å². The van der Waals surface area contributed by atoms with Gasteiger partial charge in [0.15, 0.2) is 0 Å². The second-order valence-corrected chi connectivity index (χ2v) is 6.82. The zero-order valence-corrected chi connectivity index (χ0v) is 15.3. The molecule has 25 heavy (non-hydrogen) atoms. The number of benzene rings is 2. The summed E-state index contributed by atoms with van der Waals surface area (Å²) < 4.78 is 0. The number of rotatable bonds is 5. The second-order valence-electron chi connectivity index (χ2n) is 6.41. The standard InChI is InChI=1S/C20H24ClN3O/c1-15-18(21)6-5-7-19(15)22-14-20(25)23-16-8-10-17(11-9-16)24-12-3-2-4-13-24/h5-11,22H,2-4,12-14H2,1H3,(H,23,25). The molecular formula is C20H24ClN3O. The third kappa shape index (κ3) is 4.67. The van der Waals surface area contributed by atoms with E-state index in [0.29, 0.717) is 5.02 Å². The SMILES string of the molecule is Cc1c(Cl)cccc1NCC(=O)Nc1ccc(N2CCCCC2)cc1. The molecule has 0 saturated carbocycles. The van der Waals surface area contributed by atoms with E-state index in [1.807, 2.05) is 37.3 Å². The van der Waals surface area contributed by atoms with Crippen molar-refractivity contribution in [1.29, 1.82) is 0 Å². The van der Waals surface area contributed by atoms with Gasteiger partial charge in [0.1, 0.15) is 0 Å². The number of piperidine rings is 1. The van der Waals surface area contributed by atoms with Gasteiger partial charge in [-0.05, 0) is 68.1 Å². The highest BCUT2D eigenvalue weighted by atomic mass is 35.5. The summed E-state index contributed by atoms with van der Waals surface area (Å²) in [4.78, 5) is 14.6. The Morgan fingerprint density at radius 1 is 1.08 bits per heavy atom. The molecule has 4 nitrogen and oxygen atoms in total. The first kappa shape index (κ1) is 17.6. The largest absolute Gasteiger partial charge is 0.376 e. The summed E-state index contributed by atoms with van der Waals surface area (Å²) in [6.45, 7) is 4.38. The third-order valence-corrected chi connectivity index (χ3v) is 4.99. The first-order valence-electron chi connectivity index (χ1n) is 8.77. The maximum Gasteiger partial charge on any atom is 0.243 e. The Bertz CT molecular complexity index is 724. The number of hydrogen-bond acceptors (Lipinski definition) is 3. The van der Waals surface area contributed by atoms with Crippen molar-refractivity contribution in [1.82, 2.24) is 0 Å². The fourth-order valence-electron chi connectivity index (χ4n) is 3.09. The van der Waals surface area contributed by atoms with Crippen LogP contribution in [0.3, 0.4) is 0 Å². The van der Waals surface area contributed by atoms with Crippen LogP contribution < -0.4 is 15.5 Å². The molecular weight excluding hydrogens is 334 g/mol. The van der Waals surface area contributed by atoms with Crippen molar-refractivity contribution < 1.29 is 4.79 Å². The predicted molar refractivity (Wildman–Crippen MR) is 106 cm³/mol. The van der Waals surface area contributed by atoms with E-state index in [-0.39, 0.29) is 12.5 Å². The second kappa shape index (κ2) is 8.26. The summed E-state index contributed by atoms with van der Waals surface area (Å²) in [5, 5.41) is 6.75. The van der Waals surface area contributed by atoms with Gasteiger partial charge in [0.25, 0.3) is 0 Å². The van der Waals surface area contributed by atoms with Gasteiger partial charge in [-0.25, -0.2) is 0 Å². The average molecular weight is 358 g/mol. The molecule has 0 aliphatic carbocycles. The molecule has 0 radical (unpaired) electrons. The predicted octanol–water partition coefficient (Wildman–Crippen LogP) is 4.69. The van der Waals surface area contributed by atoms with Crippen molar-refractivity contribution in [2.75, 3.05) is 35.2 Å². The monoisotopic (exact) mass is 357 g/mol. The lowest BCUT2D eigenvalue weighted by molar-refractivity contribution is -0.114. The Morgan fingerprint density at radius 3 is 2.52 bits per heavy atom. The highest BCUT2D eigenvalue weighted by Gasteiger charge is 2.11. The van der Waals surface area contributed by atoms with Crippen molar-refractivity contribution in [3.63, 3.8) is 0 Å². The first-order chi connectivity index (χ1) is 12.1. The van der Waals surface area contributed by atoms with Crippen molar-refractivity contribution in [3.05, 3.63) is 53.1 Å². The van der Waals surface area contributed by atoms with Gasteiger partial charge in [-0.3, -0.25) is 4.79 Å². The lowest BCUT2D eigenvalue weighted by Gasteiger charge is -2.28. The van der Waals surface area contributed by atoms with E-state index in [1.165, 1.54) is 24.9 Å². The van der Waals surface area contributed by atoms with Crippen LogP contribution in [0.25, 0.3) is 0 Å². The summed E-state index contributed by atoms with van der Waals surface area (Å²) in [7, 11) is 0. The van der Waals surface area contributed by atoms with Crippen molar-refractivity contribution in [3.8, 4) is 0 Å². The van der Waals surface area contributed by atoms with Crippen LogP contribution >= 0.6 is 11.6 Å². The van der Waals surface area contributed by atoms with Crippen LogP contribution in [0.15, 0.2) is 42.5 Å². The number of carbonyl (C=O) groups excluding carboxylic acids is 1. The molecule has 5 heteroatoms. The minimum Gasteiger partial charge on any atom is -0.376 e. The maximum absolute atomic E-state index is 12.2. The van der Waals surface area contributed by atoms with Crippen molar-refractivity contribution in [2.24, 2.45) is 0 Å². The number of nitrogens with one attached hydrogen (secondary N) is 2. The van der Waals surface area contributed by atoms with Crippen molar-refractivity contribution in [2.45, 2.75) is 26.2 Å². The number of amides is 1. The van der Waals surface area contributed by atoms with Crippen LogP contribution in [-0.4, -0.2) is 25.5 Å². The number of anilines is 3. The van der Waals surface area contributed by atoms with Gasteiger partial charge < -0.3 is 15.5 Å². The van der Waals surface area contributed by atoms with Crippen LogP contribution in [0, 0.1) is 6.92 Å². The van der Waals surface area contributed by atoms with E-state index < -0.39 is 0 Å². The highest BCUT2D eigenvalue weighted by Crippen LogP contribution is 2.23. The fourth-order valence-corrected chi connectivity index (χ4v) is 3.26. The molecule has 1 saturated heterocycles. The molecule has 0 unspecified atom stereocenters. The Morgan fingerprint density at radius 2 is 1.80 bits per heavy atom. The van der Waals surface area contributed by atoms with Crippen molar-refractivity contribution >= 4 is 34.6 Å². The Kier molecular flexibility index (Phi) is 5.82. The molecule has 1 aliphatic heterocycles. The van der Waals surface area contributed by atoms with Crippen LogP contribution in [0.5, 0.6) is 0 Å². The summed E-state index contributed by atoms with van der Waals surface area (Å²) in [6, 6.07) is 13.7. The average Bonchev–Trinajstić information content (AvgIpc) is 2.64. The van der Waals surface area contributed by atoms with Crippen LogP contribution in [0.4, 0.5) is 17.1 Å². The molecule has 1 fully saturated rings. The van der Waals surface area contributed by atoms with Crippen LogP contribution in [-0.2, 0) is 4.79 Å². The van der Waals surface area contributed by atoms with E-state index >= 15 is 0 Å². The van der Waals surface area contributed by atoms with Gasteiger partial charge in [-0.15, -0.1) is 0 Å². The lowest BCUT2D eigenvalue weighted by Crippen LogP contribution is -2.29. The molecule has 0 bridgehead atoms. The van der Waals surface area contributed by atoms with Gasteiger partial charge in [0.05, 0.1) is 6.54 Å². The molecule has 1 heterocycles. The number of nitrogens with zero attached hydrogens (tertiary/aromatic N) is 1. The molecule has 2 aromatic carbocycles. The summed E-state index contributed by atoms with van der Waals surface area (Å²) in [6.07, 6.45) is 3.84. The van der Waals surface area contributed by atoms with Gasteiger partial charge in [0, 0.05) is 35.2 Å². The van der Waals surface area contributed by atoms with Gasteiger partial charge >= 0.3 is 0 Å². The normalized spacial score (nSPS) is 14.2. The molecule has 3 rings (SSSR count). The zero-order valence-electron chi connectivity index (χ0n) is 14.5. The molecule has 0 atom stereocenters. The topological polar surface area (TPSA) is 44.4 Å². The maximum atomic E-state index is 12.2. The Labute approximate surface area is 154 Å². The minimum absolute atomic E-state index is 0.0786. The quantitative estimate of drug-likeness (QED) is 0.815. The summed E-state index contributed by atoms with van der Waals surface area (Å²) in [5.74, 6) is -0.0786. The Hall–Kier alpha value is -2.20. The molecule has 1 amide bonds. The smallest absolute Gasteiger partial charge is 0.243 e. The zero-order chi connectivity index (χ0) is 17.6. The molecule has 0 aromatic heterocycles. The molecule has 0 spiro atoms. The minimum atomic E-state index is -0.0786. The lowest BCUT2D eigenvalue weighted by atomic mass is 10.1.